The Balaban J connectivity index is 3.87. The minimum absolute atomic E-state index is 0.00646. The molecule has 0 saturated carbocycles. The lowest BCUT2D eigenvalue weighted by molar-refractivity contribution is 0.0450. The normalized spacial score (nSPS) is 13.9. The SMILES string of the molecule is CNC(=O)OC(C)C(C)(C)C. The van der Waals surface area contributed by atoms with Gasteiger partial charge in [-0.25, -0.2) is 4.79 Å². The summed E-state index contributed by atoms with van der Waals surface area (Å²) in [5.74, 6) is 0. The molecule has 0 radical (unpaired) electrons. The Labute approximate surface area is 68.1 Å². The van der Waals surface area contributed by atoms with Crippen LogP contribution in [0.1, 0.15) is 27.7 Å². The molecule has 0 aromatic carbocycles. The molecule has 11 heavy (non-hydrogen) atoms. The van der Waals surface area contributed by atoms with E-state index in [0.717, 1.165) is 0 Å². The van der Waals surface area contributed by atoms with Gasteiger partial charge >= 0.3 is 6.09 Å². The number of rotatable bonds is 1. The number of ether oxygens (including phenoxy) is 1. The maximum Gasteiger partial charge on any atom is 0.407 e. The first-order valence-electron chi connectivity index (χ1n) is 3.76. The summed E-state index contributed by atoms with van der Waals surface area (Å²) in [5, 5.41) is 2.41. The van der Waals surface area contributed by atoms with Crippen molar-refractivity contribution in [2.75, 3.05) is 7.05 Å². The minimum atomic E-state index is -0.368. The monoisotopic (exact) mass is 159 g/mol. The maximum absolute atomic E-state index is 10.7. The lowest BCUT2D eigenvalue weighted by Crippen LogP contribution is -2.32. The second-order valence-corrected chi connectivity index (χ2v) is 3.66. The standard InChI is InChI=1S/C8H17NO2/c1-6(8(2,3)4)11-7(10)9-5/h6H,1-5H3,(H,9,10). The molecule has 0 aliphatic carbocycles. The number of amides is 1. The third-order valence-corrected chi connectivity index (χ3v) is 1.71. The van der Waals surface area contributed by atoms with Crippen LogP contribution >= 0.6 is 0 Å². The fourth-order valence-corrected chi connectivity index (χ4v) is 0.396. The summed E-state index contributed by atoms with van der Waals surface area (Å²) in [5.41, 5.74) is 0.00646. The predicted molar refractivity (Wildman–Crippen MR) is 44.5 cm³/mol. The largest absolute Gasteiger partial charge is 0.446 e. The van der Waals surface area contributed by atoms with E-state index >= 15 is 0 Å². The number of hydrogen-bond acceptors (Lipinski definition) is 2. The zero-order chi connectivity index (χ0) is 9.07. The molecular weight excluding hydrogens is 142 g/mol. The van der Waals surface area contributed by atoms with Crippen LogP contribution in [-0.2, 0) is 4.74 Å². The Morgan fingerprint density at radius 3 is 2.18 bits per heavy atom. The molecule has 3 nitrogen and oxygen atoms in total. The quantitative estimate of drug-likeness (QED) is 0.633. The van der Waals surface area contributed by atoms with Crippen LogP contribution in [0.2, 0.25) is 0 Å². The van der Waals surface area contributed by atoms with Gasteiger partial charge in [-0.15, -0.1) is 0 Å². The number of nitrogens with one attached hydrogen (secondary N) is 1. The van der Waals surface area contributed by atoms with E-state index in [1.54, 1.807) is 7.05 Å². The van der Waals surface area contributed by atoms with Gasteiger partial charge in [0.25, 0.3) is 0 Å². The second-order valence-electron chi connectivity index (χ2n) is 3.66. The van der Waals surface area contributed by atoms with Gasteiger partial charge in [-0.2, -0.15) is 0 Å². The Hall–Kier alpha value is -0.730. The zero-order valence-corrected chi connectivity index (χ0v) is 7.89. The van der Waals surface area contributed by atoms with Gasteiger partial charge < -0.3 is 10.1 Å². The molecule has 1 amide bonds. The Bertz CT molecular complexity index is 138. The average molecular weight is 159 g/mol. The summed E-state index contributed by atoms with van der Waals surface area (Å²) in [7, 11) is 1.55. The molecular formula is C8H17NO2. The molecule has 0 aromatic heterocycles. The molecule has 1 N–H and O–H groups in total. The van der Waals surface area contributed by atoms with Gasteiger partial charge in [-0.05, 0) is 12.3 Å². The molecule has 0 aromatic rings. The average Bonchev–Trinajstić information content (AvgIpc) is 1.85. The lowest BCUT2D eigenvalue weighted by Gasteiger charge is -2.26. The fraction of sp³-hybridized carbons (Fsp3) is 0.875. The van der Waals surface area contributed by atoms with Gasteiger partial charge in [0, 0.05) is 7.05 Å². The van der Waals surface area contributed by atoms with Gasteiger partial charge in [0.05, 0.1) is 0 Å². The van der Waals surface area contributed by atoms with Crippen LogP contribution in [0.5, 0.6) is 0 Å². The lowest BCUT2D eigenvalue weighted by atomic mass is 9.90. The van der Waals surface area contributed by atoms with Crippen molar-refractivity contribution in [3.05, 3.63) is 0 Å². The first-order valence-corrected chi connectivity index (χ1v) is 3.76. The van der Waals surface area contributed by atoms with Gasteiger partial charge in [-0.3, -0.25) is 0 Å². The third-order valence-electron chi connectivity index (χ3n) is 1.71. The van der Waals surface area contributed by atoms with Crippen LogP contribution in [0, 0.1) is 5.41 Å². The van der Waals surface area contributed by atoms with Crippen molar-refractivity contribution >= 4 is 6.09 Å². The molecule has 0 heterocycles. The summed E-state index contributed by atoms with van der Waals surface area (Å²) in [6.45, 7) is 7.97. The van der Waals surface area contributed by atoms with E-state index in [4.69, 9.17) is 4.74 Å². The van der Waals surface area contributed by atoms with Gasteiger partial charge in [-0.1, -0.05) is 20.8 Å². The topological polar surface area (TPSA) is 38.3 Å². The van der Waals surface area contributed by atoms with Gasteiger partial charge in [0.15, 0.2) is 0 Å². The highest BCUT2D eigenvalue weighted by atomic mass is 16.6. The number of carbonyl (C=O) groups excluding carboxylic acids is 1. The third kappa shape index (κ3) is 3.86. The highest BCUT2D eigenvalue weighted by molar-refractivity contribution is 5.66. The Morgan fingerprint density at radius 1 is 1.45 bits per heavy atom. The fourth-order valence-electron chi connectivity index (χ4n) is 0.396. The van der Waals surface area contributed by atoms with E-state index in [1.165, 1.54) is 0 Å². The Kier molecular flexibility index (Phi) is 3.36. The van der Waals surface area contributed by atoms with Crippen molar-refractivity contribution in [2.45, 2.75) is 33.8 Å². The van der Waals surface area contributed by atoms with Crippen molar-refractivity contribution in [2.24, 2.45) is 5.41 Å². The van der Waals surface area contributed by atoms with Gasteiger partial charge in [0.1, 0.15) is 6.10 Å². The van der Waals surface area contributed by atoms with Crippen molar-refractivity contribution < 1.29 is 9.53 Å². The second kappa shape index (κ2) is 3.60. The number of hydrogen-bond donors (Lipinski definition) is 1. The van der Waals surface area contributed by atoms with Crippen molar-refractivity contribution in [1.82, 2.24) is 5.32 Å². The summed E-state index contributed by atoms with van der Waals surface area (Å²) >= 11 is 0. The predicted octanol–water partition coefficient (Wildman–Crippen LogP) is 1.78. The van der Waals surface area contributed by atoms with E-state index in [9.17, 15) is 4.79 Å². The van der Waals surface area contributed by atoms with Crippen molar-refractivity contribution in [3.63, 3.8) is 0 Å². The smallest absolute Gasteiger partial charge is 0.407 e. The minimum Gasteiger partial charge on any atom is -0.446 e. The highest BCUT2D eigenvalue weighted by Gasteiger charge is 2.22. The van der Waals surface area contributed by atoms with E-state index in [1.807, 2.05) is 27.7 Å². The molecule has 0 saturated heterocycles. The van der Waals surface area contributed by atoms with E-state index in [2.05, 4.69) is 5.32 Å². The number of carbonyl (C=O) groups is 1. The van der Waals surface area contributed by atoms with Crippen LogP contribution in [0.4, 0.5) is 4.79 Å². The van der Waals surface area contributed by atoms with E-state index in [-0.39, 0.29) is 17.6 Å². The van der Waals surface area contributed by atoms with E-state index in [0.29, 0.717) is 0 Å². The number of alkyl carbamates (subject to hydrolysis) is 1. The van der Waals surface area contributed by atoms with Crippen LogP contribution in [0.25, 0.3) is 0 Å². The van der Waals surface area contributed by atoms with Crippen molar-refractivity contribution in [1.29, 1.82) is 0 Å². The van der Waals surface area contributed by atoms with Crippen LogP contribution in [-0.4, -0.2) is 19.2 Å². The van der Waals surface area contributed by atoms with Crippen LogP contribution in [0.15, 0.2) is 0 Å². The first kappa shape index (κ1) is 10.3. The molecule has 0 spiro atoms. The van der Waals surface area contributed by atoms with Crippen molar-refractivity contribution in [3.8, 4) is 0 Å². The summed E-state index contributed by atoms with van der Waals surface area (Å²) < 4.78 is 5.01. The molecule has 0 rings (SSSR count). The Morgan fingerprint density at radius 2 is 1.91 bits per heavy atom. The molecule has 1 atom stereocenters. The highest BCUT2D eigenvalue weighted by Crippen LogP contribution is 2.21. The van der Waals surface area contributed by atoms with Gasteiger partial charge in [0.2, 0.25) is 0 Å². The molecule has 0 aliphatic heterocycles. The summed E-state index contributed by atoms with van der Waals surface area (Å²) in [6.07, 6.45) is -0.435. The zero-order valence-electron chi connectivity index (χ0n) is 7.89. The molecule has 0 fully saturated rings. The first-order chi connectivity index (χ1) is 4.88. The maximum atomic E-state index is 10.7. The molecule has 0 aliphatic rings. The summed E-state index contributed by atoms with van der Waals surface area (Å²) in [6, 6.07) is 0. The summed E-state index contributed by atoms with van der Waals surface area (Å²) in [4.78, 5) is 10.7. The van der Waals surface area contributed by atoms with Crippen LogP contribution < -0.4 is 5.32 Å². The molecule has 1 unspecified atom stereocenters. The van der Waals surface area contributed by atoms with Crippen LogP contribution in [0.3, 0.4) is 0 Å². The van der Waals surface area contributed by atoms with E-state index < -0.39 is 0 Å². The molecule has 66 valence electrons. The molecule has 0 bridgehead atoms. The molecule has 3 heteroatoms.